The van der Waals surface area contributed by atoms with Gasteiger partial charge in [0.1, 0.15) is 0 Å². The fourth-order valence-electron chi connectivity index (χ4n) is 3.25. The van der Waals surface area contributed by atoms with Gasteiger partial charge >= 0.3 is 0 Å². The van der Waals surface area contributed by atoms with Crippen molar-refractivity contribution in [3.8, 4) is 0 Å². The Labute approximate surface area is 150 Å². The van der Waals surface area contributed by atoms with E-state index in [1.54, 1.807) is 0 Å². The zero-order chi connectivity index (χ0) is 17.2. The molecule has 0 aliphatic heterocycles. The van der Waals surface area contributed by atoms with Crippen molar-refractivity contribution in [3.05, 3.63) is 90.5 Å². The van der Waals surface area contributed by atoms with Crippen LogP contribution in [0.15, 0.2) is 84.9 Å². The Morgan fingerprint density at radius 3 is 1.50 bits per heavy atom. The van der Waals surface area contributed by atoms with E-state index in [0.717, 1.165) is 0 Å². The third-order valence-electron chi connectivity index (χ3n) is 4.45. The topological polar surface area (TPSA) is 0 Å². The normalized spacial score (nSPS) is 12.2. The number of rotatable bonds is 3. The van der Waals surface area contributed by atoms with Gasteiger partial charge in [0.25, 0.3) is 0 Å². The summed E-state index contributed by atoms with van der Waals surface area (Å²) >= 11 is 7.57. The zero-order valence-electron chi connectivity index (χ0n) is 14.5. The quantitative estimate of drug-likeness (QED) is 0.377. The molecule has 0 amide bonds. The van der Waals surface area contributed by atoms with Gasteiger partial charge in [0.2, 0.25) is 7.38 Å². The average Bonchev–Trinajstić information content (AvgIpc) is 2.62. The highest BCUT2D eigenvalue weighted by Crippen LogP contribution is 2.24. The second-order valence-electron chi connectivity index (χ2n) is 7.19. The minimum absolute atomic E-state index is 0.0489. The van der Waals surface area contributed by atoms with Crippen molar-refractivity contribution in [2.24, 2.45) is 0 Å². The minimum atomic E-state index is -2.56. The first-order chi connectivity index (χ1) is 11.4. The molecule has 0 spiro atoms. The fourth-order valence-corrected chi connectivity index (χ4v) is 7.92. The van der Waals surface area contributed by atoms with Crippen molar-refractivity contribution in [2.45, 2.75) is 26.2 Å². The molecule has 0 aromatic heterocycles. The summed E-state index contributed by atoms with van der Waals surface area (Å²) < 4.78 is 0. The zero-order valence-corrected chi connectivity index (χ0v) is 16.2. The van der Waals surface area contributed by atoms with E-state index in [-0.39, 0.29) is 5.41 Å². The lowest BCUT2D eigenvalue weighted by Gasteiger charge is -2.32. The smallest absolute Gasteiger partial charge is 0.149 e. The molecule has 0 unspecified atom stereocenters. The van der Waals surface area contributed by atoms with Crippen molar-refractivity contribution in [3.63, 3.8) is 0 Å². The van der Waals surface area contributed by atoms with Crippen LogP contribution in [0, 0.1) is 0 Å². The van der Waals surface area contributed by atoms with Gasteiger partial charge in [-0.15, -0.1) is 11.1 Å². The number of halogens is 1. The number of benzene rings is 3. The predicted molar refractivity (Wildman–Crippen MR) is 109 cm³/mol. The molecule has 0 saturated heterocycles. The van der Waals surface area contributed by atoms with Crippen molar-refractivity contribution < 1.29 is 0 Å². The summed E-state index contributed by atoms with van der Waals surface area (Å²) in [5.41, 5.74) is 1.38. The Kier molecular flexibility index (Phi) is 4.66. The van der Waals surface area contributed by atoms with Gasteiger partial charge in [0, 0.05) is 0 Å². The van der Waals surface area contributed by atoms with Crippen molar-refractivity contribution in [1.29, 1.82) is 0 Å². The van der Waals surface area contributed by atoms with Crippen LogP contribution in [0.1, 0.15) is 26.3 Å². The molecule has 0 radical (unpaired) electrons. The van der Waals surface area contributed by atoms with E-state index in [2.05, 4.69) is 106 Å². The molecule has 3 aromatic rings. The van der Waals surface area contributed by atoms with Gasteiger partial charge in [0.15, 0.2) is 0 Å². The molecule has 0 nitrogen and oxygen atoms in total. The lowest BCUT2D eigenvalue weighted by molar-refractivity contribution is 0.594. The highest BCUT2D eigenvalue weighted by Gasteiger charge is 2.40. The Morgan fingerprint density at radius 1 is 0.625 bits per heavy atom. The van der Waals surface area contributed by atoms with Crippen molar-refractivity contribution >= 4 is 34.0 Å². The van der Waals surface area contributed by atoms with Crippen LogP contribution in [0.25, 0.3) is 0 Å². The molecule has 0 heterocycles. The molecule has 0 fully saturated rings. The van der Waals surface area contributed by atoms with Crippen molar-refractivity contribution in [2.75, 3.05) is 0 Å². The first-order valence-electron chi connectivity index (χ1n) is 8.34. The molecule has 0 aliphatic carbocycles. The van der Waals surface area contributed by atoms with Crippen LogP contribution in [-0.4, -0.2) is 7.38 Å². The van der Waals surface area contributed by atoms with Crippen LogP contribution < -0.4 is 15.6 Å². The van der Waals surface area contributed by atoms with Gasteiger partial charge in [-0.1, -0.05) is 106 Å². The molecule has 2 heteroatoms. The van der Waals surface area contributed by atoms with Gasteiger partial charge in [0.05, 0.1) is 0 Å². The average molecular weight is 351 g/mol. The van der Waals surface area contributed by atoms with Crippen molar-refractivity contribution in [1.82, 2.24) is 0 Å². The molecule has 0 aliphatic rings. The van der Waals surface area contributed by atoms with Crippen LogP contribution in [0.5, 0.6) is 0 Å². The second kappa shape index (κ2) is 6.58. The highest BCUT2D eigenvalue weighted by molar-refractivity contribution is 7.40. The third kappa shape index (κ3) is 3.06. The van der Waals surface area contributed by atoms with E-state index in [0.29, 0.717) is 0 Å². The molecule has 0 atom stereocenters. The fraction of sp³-hybridized carbons (Fsp3) is 0.182. The standard InChI is InChI=1S/C22H23ClSi/c1-22(2,3)20-16-10-11-17-21(20)24(23,18-12-6-4-7-13-18)19-14-8-5-9-15-19/h4-17H,1-3H3. The van der Waals surface area contributed by atoms with E-state index in [9.17, 15) is 0 Å². The molecule has 0 bridgehead atoms. The minimum Gasteiger partial charge on any atom is -0.149 e. The van der Waals surface area contributed by atoms with Crippen LogP contribution in [0.2, 0.25) is 0 Å². The largest absolute Gasteiger partial charge is 0.248 e. The summed E-state index contributed by atoms with van der Waals surface area (Å²) in [7, 11) is -2.56. The summed E-state index contributed by atoms with van der Waals surface area (Å²) in [4.78, 5) is 0. The lowest BCUT2D eigenvalue weighted by atomic mass is 9.87. The first-order valence-corrected chi connectivity index (χ1v) is 11.3. The molecule has 3 rings (SSSR count). The maximum atomic E-state index is 7.57. The lowest BCUT2D eigenvalue weighted by Crippen LogP contribution is -2.64. The molecular weight excluding hydrogens is 328 g/mol. The van der Waals surface area contributed by atoms with Crippen LogP contribution in [0.3, 0.4) is 0 Å². The molecule has 0 saturated carbocycles. The summed E-state index contributed by atoms with van der Waals surface area (Å²) in [6.07, 6.45) is 0. The van der Waals surface area contributed by atoms with Crippen LogP contribution in [-0.2, 0) is 5.41 Å². The highest BCUT2D eigenvalue weighted by atomic mass is 35.6. The Balaban J connectivity index is 2.33. The number of hydrogen-bond acceptors (Lipinski definition) is 0. The van der Waals surface area contributed by atoms with Crippen LogP contribution in [0.4, 0.5) is 0 Å². The van der Waals surface area contributed by atoms with Gasteiger partial charge in [-0.05, 0) is 26.5 Å². The SMILES string of the molecule is CC(C)(C)c1ccccc1[Si](Cl)(c1ccccc1)c1ccccc1. The second-order valence-corrected chi connectivity index (χ2v) is 11.9. The Hall–Kier alpha value is -1.83. The molecule has 24 heavy (non-hydrogen) atoms. The van der Waals surface area contributed by atoms with E-state index < -0.39 is 7.38 Å². The Morgan fingerprint density at radius 2 is 1.04 bits per heavy atom. The van der Waals surface area contributed by atoms with E-state index in [4.69, 9.17) is 11.1 Å². The molecule has 0 N–H and O–H groups in total. The van der Waals surface area contributed by atoms with Gasteiger partial charge in [-0.25, -0.2) is 0 Å². The van der Waals surface area contributed by atoms with Crippen LogP contribution >= 0.6 is 11.1 Å². The Bertz CT molecular complexity index is 765. The summed E-state index contributed by atoms with van der Waals surface area (Å²) in [6, 6.07) is 29.8. The maximum absolute atomic E-state index is 7.57. The maximum Gasteiger partial charge on any atom is 0.248 e. The number of hydrogen-bond donors (Lipinski definition) is 0. The molecular formula is C22H23ClSi. The van der Waals surface area contributed by atoms with Gasteiger partial charge in [-0.3, -0.25) is 0 Å². The summed E-state index contributed by atoms with van der Waals surface area (Å²) in [5.74, 6) is 0. The summed E-state index contributed by atoms with van der Waals surface area (Å²) in [6.45, 7) is 6.77. The molecule has 3 aromatic carbocycles. The monoisotopic (exact) mass is 350 g/mol. The van der Waals surface area contributed by atoms with E-state index in [1.807, 2.05) is 0 Å². The van der Waals surface area contributed by atoms with Gasteiger partial charge < -0.3 is 0 Å². The first kappa shape index (κ1) is 17.0. The van der Waals surface area contributed by atoms with E-state index in [1.165, 1.54) is 21.1 Å². The van der Waals surface area contributed by atoms with E-state index >= 15 is 0 Å². The van der Waals surface area contributed by atoms with Gasteiger partial charge in [-0.2, -0.15) is 0 Å². The predicted octanol–water partition coefficient (Wildman–Crippen LogP) is 4.19. The third-order valence-corrected chi connectivity index (χ3v) is 9.81. The molecule has 122 valence electrons. The summed E-state index contributed by atoms with van der Waals surface area (Å²) in [5, 5.41) is 3.75.